The molecule has 0 spiro atoms. The largest absolute Gasteiger partial charge is 0.493 e. The number of nitrogens with one attached hydrogen (secondary N) is 1. The second-order valence-electron chi connectivity index (χ2n) is 8.65. The summed E-state index contributed by atoms with van der Waals surface area (Å²) in [5.74, 6) is 0.165. The summed E-state index contributed by atoms with van der Waals surface area (Å²) in [6, 6.07) is 16.9. The molecule has 1 saturated heterocycles. The van der Waals surface area contributed by atoms with Crippen LogP contribution in [0.4, 0.5) is 4.79 Å². The second-order valence-corrected chi connectivity index (χ2v) is 9.94. The summed E-state index contributed by atoms with van der Waals surface area (Å²) in [6.45, 7) is 2.79. The van der Waals surface area contributed by atoms with Crippen molar-refractivity contribution in [2.75, 3.05) is 13.7 Å². The molecule has 1 N–H and O–H groups in total. The Morgan fingerprint density at radius 1 is 0.949 bits per heavy atom. The van der Waals surface area contributed by atoms with Gasteiger partial charge in [0, 0.05) is 5.02 Å². The van der Waals surface area contributed by atoms with Crippen LogP contribution in [0.15, 0.2) is 70.7 Å². The van der Waals surface area contributed by atoms with Crippen LogP contribution in [0.5, 0.6) is 17.2 Å². The molecule has 202 valence electrons. The van der Waals surface area contributed by atoms with Crippen molar-refractivity contribution in [3.05, 3.63) is 92.4 Å². The predicted octanol–water partition coefficient (Wildman–Crippen LogP) is 6.14. The molecule has 1 aliphatic heterocycles. The average Bonchev–Trinajstić information content (AvgIpc) is 2.92. The Kier molecular flexibility index (Phi) is 9.27. The smallest absolute Gasteiger partial charge is 0.331 e. The van der Waals surface area contributed by atoms with Gasteiger partial charge >= 0.3 is 6.03 Å². The highest BCUT2D eigenvalue weighted by Crippen LogP contribution is 2.30. The number of hydrogen-bond donors (Lipinski definition) is 1. The molecule has 1 fully saturated rings. The molecule has 0 saturated carbocycles. The summed E-state index contributed by atoms with van der Waals surface area (Å²) in [4.78, 5) is 39.3. The van der Waals surface area contributed by atoms with Gasteiger partial charge in [0.15, 0.2) is 11.5 Å². The third-order valence-corrected chi connectivity index (χ3v) is 6.62. The summed E-state index contributed by atoms with van der Waals surface area (Å²) in [7, 11) is 1.52. The SMILES string of the molecule is CCCOc1ccc(CN2C(=O)NC(=O)/C(=C\c3ccc(OCc4cccc(Cl)c4)c(Br)c3)C2=O)cc1OC. The number of ether oxygens (including phenoxy) is 3. The summed E-state index contributed by atoms with van der Waals surface area (Å²) < 4.78 is 17.6. The number of carbonyl (C=O) groups excluding carboxylic acids is 3. The van der Waals surface area contributed by atoms with E-state index in [4.69, 9.17) is 25.8 Å². The Hall–Kier alpha value is -3.82. The minimum absolute atomic E-state index is 0.0559. The van der Waals surface area contributed by atoms with Crippen LogP contribution < -0.4 is 19.5 Å². The van der Waals surface area contributed by atoms with E-state index in [1.807, 2.05) is 25.1 Å². The Balaban J connectivity index is 1.50. The van der Waals surface area contributed by atoms with Crippen LogP contribution in [0, 0.1) is 0 Å². The van der Waals surface area contributed by atoms with Gasteiger partial charge in [-0.2, -0.15) is 0 Å². The van der Waals surface area contributed by atoms with E-state index in [9.17, 15) is 14.4 Å². The van der Waals surface area contributed by atoms with E-state index >= 15 is 0 Å². The molecule has 1 heterocycles. The summed E-state index contributed by atoms with van der Waals surface area (Å²) in [5, 5.41) is 2.87. The predicted molar refractivity (Wildman–Crippen MR) is 151 cm³/mol. The maximum absolute atomic E-state index is 13.2. The number of benzene rings is 3. The van der Waals surface area contributed by atoms with Gasteiger partial charge in [-0.1, -0.05) is 42.8 Å². The van der Waals surface area contributed by atoms with Crippen molar-refractivity contribution in [3.8, 4) is 17.2 Å². The van der Waals surface area contributed by atoms with Gasteiger partial charge in [0.1, 0.15) is 17.9 Å². The van der Waals surface area contributed by atoms with Crippen LogP contribution in [0.3, 0.4) is 0 Å². The molecular weight excluding hydrogens is 588 g/mol. The number of methoxy groups -OCH3 is 1. The highest BCUT2D eigenvalue weighted by atomic mass is 79.9. The summed E-state index contributed by atoms with van der Waals surface area (Å²) in [6.07, 6.45) is 2.27. The minimum atomic E-state index is -0.793. The molecule has 4 amide bonds. The van der Waals surface area contributed by atoms with E-state index in [1.54, 1.807) is 42.5 Å². The fraction of sp³-hybridized carbons (Fsp3) is 0.207. The number of carbonyl (C=O) groups is 3. The number of hydrogen-bond acceptors (Lipinski definition) is 6. The van der Waals surface area contributed by atoms with Crippen molar-refractivity contribution < 1.29 is 28.6 Å². The van der Waals surface area contributed by atoms with Gasteiger partial charge in [0.2, 0.25) is 0 Å². The molecule has 39 heavy (non-hydrogen) atoms. The zero-order chi connectivity index (χ0) is 27.9. The van der Waals surface area contributed by atoms with Crippen molar-refractivity contribution in [1.82, 2.24) is 10.2 Å². The third kappa shape index (κ3) is 6.99. The van der Waals surface area contributed by atoms with E-state index in [0.717, 1.165) is 16.9 Å². The highest BCUT2D eigenvalue weighted by Gasteiger charge is 2.35. The van der Waals surface area contributed by atoms with Gasteiger partial charge in [-0.15, -0.1) is 0 Å². The Bertz CT molecular complexity index is 1440. The zero-order valence-electron chi connectivity index (χ0n) is 21.3. The number of urea groups is 1. The molecule has 0 unspecified atom stereocenters. The number of nitrogens with zero attached hydrogens (tertiary/aromatic N) is 1. The van der Waals surface area contributed by atoms with Crippen molar-refractivity contribution in [1.29, 1.82) is 0 Å². The van der Waals surface area contributed by atoms with E-state index in [-0.39, 0.29) is 12.1 Å². The van der Waals surface area contributed by atoms with Gasteiger partial charge in [-0.25, -0.2) is 4.79 Å². The first-order valence-electron chi connectivity index (χ1n) is 12.1. The molecule has 1 aliphatic rings. The lowest BCUT2D eigenvalue weighted by molar-refractivity contribution is -0.130. The van der Waals surface area contributed by atoms with Crippen LogP contribution in [0.25, 0.3) is 6.08 Å². The van der Waals surface area contributed by atoms with Gasteiger partial charge in [-0.3, -0.25) is 19.8 Å². The van der Waals surface area contributed by atoms with E-state index < -0.39 is 17.8 Å². The first-order valence-corrected chi connectivity index (χ1v) is 13.3. The lowest BCUT2D eigenvalue weighted by atomic mass is 10.1. The molecule has 3 aromatic carbocycles. The first kappa shape index (κ1) is 28.2. The molecule has 0 aromatic heterocycles. The minimum Gasteiger partial charge on any atom is -0.493 e. The number of imide groups is 2. The molecule has 0 aliphatic carbocycles. The molecule has 8 nitrogen and oxygen atoms in total. The van der Waals surface area contributed by atoms with Crippen LogP contribution in [-0.4, -0.2) is 36.5 Å². The number of rotatable bonds is 10. The summed E-state index contributed by atoms with van der Waals surface area (Å²) in [5.41, 5.74) is 1.96. The zero-order valence-corrected chi connectivity index (χ0v) is 23.7. The fourth-order valence-electron chi connectivity index (χ4n) is 3.84. The molecule has 4 rings (SSSR count). The van der Waals surface area contributed by atoms with Crippen molar-refractivity contribution in [3.63, 3.8) is 0 Å². The Labute approximate surface area is 239 Å². The molecule has 3 aromatic rings. The van der Waals surface area contributed by atoms with Crippen LogP contribution in [-0.2, 0) is 22.7 Å². The van der Waals surface area contributed by atoms with Gasteiger partial charge in [-0.05, 0) is 81.5 Å². The second kappa shape index (κ2) is 12.8. The molecule has 0 atom stereocenters. The molecule has 0 radical (unpaired) electrons. The highest BCUT2D eigenvalue weighted by molar-refractivity contribution is 9.10. The van der Waals surface area contributed by atoms with Crippen molar-refractivity contribution >= 4 is 51.5 Å². The molecule has 10 heteroatoms. The maximum Gasteiger partial charge on any atom is 0.331 e. The average molecular weight is 614 g/mol. The first-order chi connectivity index (χ1) is 18.8. The van der Waals surface area contributed by atoms with Crippen LogP contribution in [0.2, 0.25) is 5.02 Å². The van der Waals surface area contributed by atoms with Crippen molar-refractivity contribution in [2.45, 2.75) is 26.5 Å². The van der Waals surface area contributed by atoms with E-state index in [1.165, 1.54) is 13.2 Å². The Morgan fingerprint density at radius 2 is 1.74 bits per heavy atom. The monoisotopic (exact) mass is 612 g/mol. The topological polar surface area (TPSA) is 94.2 Å². The quantitative estimate of drug-likeness (QED) is 0.218. The van der Waals surface area contributed by atoms with Crippen molar-refractivity contribution in [2.24, 2.45) is 0 Å². The van der Waals surface area contributed by atoms with E-state index in [0.29, 0.717) is 51.1 Å². The molecule has 0 bridgehead atoms. The van der Waals surface area contributed by atoms with Gasteiger partial charge in [0.05, 0.1) is 24.7 Å². The molecular formula is C29H26BrClN2O6. The fourth-order valence-corrected chi connectivity index (χ4v) is 4.56. The number of amides is 4. The standard InChI is InChI=1S/C29H26BrClN2O6/c1-3-11-38-25-10-8-19(15-26(25)37-2)16-33-28(35)22(27(34)32-29(33)36)13-18-7-9-24(23(30)14-18)39-17-20-5-4-6-21(31)12-20/h4-10,12-15H,3,11,16-17H2,1-2H3,(H,32,34,36)/b22-13+. The van der Waals surface area contributed by atoms with Crippen LogP contribution >= 0.6 is 27.5 Å². The van der Waals surface area contributed by atoms with Gasteiger partial charge < -0.3 is 14.2 Å². The normalized spacial score (nSPS) is 14.4. The maximum atomic E-state index is 13.2. The third-order valence-electron chi connectivity index (χ3n) is 5.77. The Morgan fingerprint density at radius 3 is 2.46 bits per heavy atom. The van der Waals surface area contributed by atoms with E-state index in [2.05, 4.69) is 21.2 Å². The van der Waals surface area contributed by atoms with Crippen LogP contribution in [0.1, 0.15) is 30.0 Å². The number of halogens is 2. The number of barbiturate groups is 1. The lowest BCUT2D eigenvalue weighted by Crippen LogP contribution is -2.53. The van der Waals surface area contributed by atoms with Gasteiger partial charge in [0.25, 0.3) is 11.8 Å². The summed E-state index contributed by atoms with van der Waals surface area (Å²) >= 11 is 9.51. The lowest BCUT2D eigenvalue weighted by Gasteiger charge is -2.26.